The molecule has 1 aliphatic rings. The van der Waals surface area contributed by atoms with E-state index in [1.54, 1.807) is 6.82 Å². The summed E-state index contributed by atoms with van der Waals surface area (Å²) in [7, 11) is 1.42. The second-order valence-corrected chi connectivity index (χ2v) is 2.28. The highest BCUT2D eigenvalue weighted by molar-refractivity contribution is 7.85. The molecular formula is C5H5BNO2S. The van der Waals surface area contributed by atoms with Crippen molar-refractivity contribution in [1.29, 1.82) is 0 Å². The molecule has 51 valence electrons. The summed E-state index contributed by atoms with van der Waals surface area (Å²) in [5.74, 6) is -0.673. The van der Waals surface area contributed by atoms with Crippen LogP contribution in [0.2, 0.25) is 6.82 Å². The molecule has 10 heavy (non-hydrogen) atoms. The van der Waals surface area contributed by atoms with Crippen LogP contribution in [-0.4, -0.2) is 24.0 Å². The van der Waals surface area contributed by atoms with Gasteiger partial charge in [0, 0.05) is 6.08 Å². The van der Waals surface area contributed by atoms with E-state index in [0.29, 0.717) is 0 Å². The fourth-order valence-electron chi connectivity index (χ4n) is 0.716. The Bertz CT molecular complexity index is 226. The van der Waals surface area contributed by atoms with Crippen molar-refractivity contribution < 1.29 is 9.59 Å². The van der Waals surface area contributed by atoms with Crippen LogP contribution < -0.4 is 0 Å². The zero-order valence-electron chi connectivity index (χ0n) is 5.37. The topological polar surface area (TPSA) is 37.4 Å². The van der Waals surface area contributed by atoms with Crippen LogP contribution in [-0.2, 0) is 9.59 Å². The molecule has 0 aromatic rings. The van der Waals surface area contributed by atoms with Gasteiger partial charge in [-0.15, -0.1) is 12.6 Å². The molecule has 2 amide bonds. The number of imide groups is 1. The Hall–Kier alpha value is -0.705. The molecule has 0 aliphatic carbocycles. The standard InChI is InChI=1S/C5H5BNO2S/c1-6-7-4(8)2-3(10)5(7)9/h2,10H,1H3. The summed E-state index contributed by atoms with van der Waals surface area (Å²) in [6.07, 6.45) is 1.20. The lowest BCUT2D eigenvalue weighted by molar-refractivity contribution is -0.131. The first-order valence-corrected chi connectivity index (χ1v) is 3.19. The molecule has 0 atom stereocenters. The summed E-state index contributed by atoms with van der Waals surface area (Å²) in [4.78, 5) is 22.9. The van der Waals surface area contributed by atoms with Crippen molar-refractivity contribution >= 4 is 31.9 Å². The summed E-state index contributed by atoms with van der Waals surface area (Å²) in [6, 6.07) is 0. The molecule has 0 spiro atoms. The van der Waals surface area contributed by atoms with Crippen LogP contribution >= 0.6 is 12.6 Å². The monoisotopic (exact) mass is 154 g/mol. The number of amides is 2. The number of nitrogens with zero attached hydrogens (tertiary/aromatic N) is 1. The highest BCUT2D eigenvalue weighted by Crippen LogP contribution is 2.13. The zero-order valence-corrected chi connectivity index (χ0v) is 6.26. The van der Waals surface area contributed by atoms with Gasteiger partial charge in [-0.2, -0.15) is 0 Å². The largest absolute Gasteiger partial charge is 0.326 e. The molecule has 0 saturated carbocycles. The van der Waals surface area contributed by atoms with Gasteiger partial charge in [-0.3, -0.25) is 9.59 Å². The first-order chi connectivity index (χ1) is 4.66. The van der Waals surface area contributed by atoms with Gasteiger partial charge in [0.2, 0.25) is 5.91 Å². The predicted molar refractivity (Wildman–Crippen MR) is 40.5 cm³/mol. The summed E-state index contributed by atoms with van der Waals surface area (Å²) in [6.45, 7) is 1.62. The fourth-order valence-corrected chi connectivity index (χ4v) is 0.934. The lowest BCUT2D eigenvalue weighted by Crippen LogP contribution is -2.32. The normalized spacial score (nSPS) is 17.8. The van der Waals surface area contributed by atoms with E-state index in [2.05, 4.69) is 12.6 Å². The highest BCUT2D eigenvalue weighted by Gasteiger charge is 2.26. The second kappa shape index (κ2) is 2.50. The Kier molecular flexibility index (Phi) is 1.85. The van der Waals surface area contributed by atoms with E-state index in [0.717, 1.165) is 4.81 Å². The molecule has 0 saturated heterocycles. The molecule has 1 aliphatic heterocycles. The number of carbonyl (C=O) groups excluding carboxylic acids is 2. The molecule has 5 heteroatoms. The molecule has 1 rings (SSSR count). The molecule has 0 bridgehead atoms. The summed E-state index contributed by atoms with van der Waals surface area (Å²) < 4.78 is 0. The van der Waals surface area contributed by atoms with Crippen molar-refractivity contribution in [1.82, 2.24) is 4.81 Å². The van der Waals surface area contributed by atoms with Crippen molar-refractivity contribution in [2.45, 2.75) is 6.82 Å². The molecule has 0 aromatic heterocycles. The van der Waals surface area contributed by atoms with E-state index in [9.17, 15) is 9.59 Å². The molecule has 1 heterocycles. The SMILES string of the molecule is C[B]N1C(=O)C=C(S)C1=O. The minimum Gasteiger partial charge on any atom is -0.326 e. The molecule has 0 N–H and O–H groups in total. The number of rotatable bonds is 1. The molecule has 0 fully saturated rings. The Morgan fingerprint density at radius 3 is 2.40 bits per heavy atom. The second-order valence-electron chi connectivity index (χ2n) is 1.80. The van der Waals surface area contributed by atoms with Crippen LogP contribution in [0.3, 0.4) is 0 Å². The molecule has 3 nitrogen and oxygen atoms in total. The average Bonchev–Trinajstić information content (AvgIpc) is 2.09. The highest BCUT2D eigenvalue weighted by atomic mass is 32.1. The van der Waals surface area contributed by atoms with Gasteiger partial charge in [0.1, 0.15) is 0 Å². The minimum atomic E-state index is -0.351. The maximum atomic E-state index is 10.9. The lowest BCUT2D eigenvalue weighted by Gasteiger charge is -2.08. The van der Waals surface area contributed by atoms with Gasteiger partial charge in [-0.05, 0) is 0 Å². The Balaban J connectivity index is 2.87. The predicted octanol–water partition coefficient (Wildman–Crippen LogP) is -0.164. The lowest BCUT2D eigenvalue weighted by atomic mass is 9.97. The van der Waals surface area contributed by atoms with Crippen LogP contribution in [0.1, 0.15) is 0 Å². The van der Waals surface area contributed by atoms with Crippen LogP contribution in [0.4, 0.5) is 0 Å². The third kappa shape index (κ3) is 0.966. The molecule has 0 aromatic carbocycles. The first-order valence-electron chi connectivity index (χ1n) is 2.74. The fraction of sp³-hybridized carbons (Fsp3) is 0.200. The molecule has 1 radical (unpaired) electrons. The van der Waals surface area contributed by atoms with Gasteiger partial charge in [-0.25, -0.2) is 0 Å². The van der Waals surface area contributed by atoms with Gasteiger partial charge >= 0.3 is 0 Å². The van der Waals surface area contributed by atoms with Gasteiger partial charge in [0.25, 0.3) is 13.3 Å². The summed E-state index contributed by atoms with van der Waals surface area (Å²) in [5.41, 5.74) is 0. The van der Waals surface area contributed by atoms with E-state index in [4.69, 9.17) is 0 Å². The van der Waals surface area contributed by atoms with Crippen LogP contribution in [0, 0.1) is 0 Å². The Labute approximate surface area is 64.8 Å². The maximum absolute atomic E-state index is 10.9. The van der Waals surface area contributed by atoms with Gasteiger partial charge < -0.3 is 4.81 Å². The van der Waals surface area contributed by atoms with E-state index in [1.165, 1.54) is 13.5 Å². The van der Waals surface area contributed by atoms with Crippen LogP contribution in [0.25, 0.3) is 0 Å². The quantitative estimate of drug-likeness (QED) is 0.323. The maximum Gasteiger partial charge on any atom is 0.257 e. The van der Waals surface area contributed by atoms with E-state index in [1.807, 2.05) is 0 Å². The third-order valence-electron chi connectivity index (χ3n) is 1.19. The van der Waals surface area contributed by atoms with E-state index < -0.39 is 0 Å². The first kappa shape index (κ1) is 7.40. The number of hydrogen-bond acceptors (Lipinski definition) is 3. The van der Waals surface area contributed by atoms with Gasteiger partial charge in [-0.1, -0.05) is 6.82 Å². The van der Waals surface area contributed by atoms with Crippen LogP contribution in [0.15, 0.2) is 11.0 Å². The molecule has 0 unspecified atom stereocenters. The Morgan fingerprint density at radius 1 is 1.60 bits per heavy atom. The van der Waals surface area contributed by atoms with E-state index >= 15 is 0 Å². The van der Waals surface area contributed by atoms with Gasteiger partial charge in [0.05, 0.1) is 4.91 Å². The van der Waals surface area contributed by atoms with Crippen molar-refractivity contribution in [3.05, 3.63) is 11.0 Å². The van der Waals surface area contributed by atoms with Crippen LogP contribution in [0.5, 0.6) is 0 Å². The number of hydrogen-bond donors (Lipinski definition) is 1. The van der Waals surface area contributed by atoms with Crippen molar-refractivity contribution in [3.8, 4) is 0 Å². The number of thiol groups is 1. The summed E-state index contributed by atoms with van der Waals surface area (Å²) in [5, 5.41) is 0. The van der Waals surface area contributed by atoms with Crippen molar-refractivity contribution in [2.24, 2.45) is 0 Å². The Morgan fingerprint density at radius 2 is 2.20 bits per heavy atom. The average molecular weight is 154 g/mol. The van der Waals surface area contributed by atoms with Crippen molar-refractivity contribution in [3.63, 3.8) is 0 Å². The smallest absolute Gasteiger partial charge is 0.257 e. The summed E-state index contributed by atoms with van der Waals surface area (Å²) >= 11 is 3.79. The van der Waals surface area contributed by atoms with E-state index in [-0.39, 0.29) is 16.7 Å². The minimum absolute atomic E-state index is 0.197. The zero-order chi connectivity index (χ0) is 7.72. The third-order valence-corrected chi connectivity index (χ3v) is 1.51. The van der Waals surface area contributed by atoms with Crippen molar-refractivity contribution in [2.75, 3.05) is 0 Å². The van der Waals surface area contributed by atoms with Gasteiger partial charge in [0.15, 0.2) is 0 Å². The number of carbonyl (C=O) groups is 2. The molecular weight excluding hydrogens is 149 g/mol.